The van der Waals surface area contributed by atoms with Gasteiger partial charge in [-0.25, -0.2) is 29.9 Å². The van der Waals surface area contributed by atoms with E-state index in [-0.39, 0.29) is 0 Å². The molecule has 0 N–H and O–H groups in total. The Morgan fingerprint density at radius 3 is 0.900 bits per heavy atom. The average molecular weight is 1280 g/mol. The largest absolute Gasteiger partial charge is 0.256 e. The van der Waals surface area contributed by atoms with Gasteiger partial charge in [-0.15, -0.1) is 0 Å². The number of rotatable bonds is 12. The second-order valence-electron chi connectivity index (χ2n) is 24.6. The van der Waals surface area contributed by atoms with E-state index in [1.165, 1.54) is 44.2 Å². The standard InChI is InChI=1S/2C46H30N4/c1-3-10-31(11-4-1)32-21-25-37(26-22-32)45-48-44(36-12-5-2-6-13-36)49-46(50-45)39-15-7-14-38(30-39)33-19-23-34(24-20-33)40-17-8-18-42-41(40)28-27-35-16-9-29-47-43(35)42;1-3-11-31(12-4-1)32-22-26-36(27-23-32)45-48-44(35-13-5-2-6-14-35)49-46(50-45)39-16-9-15-37(29-39)33-20-24-34(25-21-33)42-30-38-17-10-28-47-43(38)41-19-8-7-18-40(41)42/h2*1-30H. The van der Waals surface area contributed by atoms with Crippen LogP contribution >= 0.6 is 0 Å². The summed E-state index contributed by atoms with van der Waals surface area (Å²) in [6, 6.07) is 122. The lowest BCUT2D eigenvalue weighted by Crippen LogP contribution is -2.00. The van der Waals surface area contributed by atoms with Crippen LogP contribution in [0.15, 0.2) is 364 Å². The van der Waals surface area contributed by atoms with Gasteiger partial charge in [-0.05, 0) is 108 Å². The Labute approximate surface area is 579 Å². The van der Waals surface area contributed by atoms with Gasteiger partial charge in [0.1, 0.15) is 0 Å². The summed E-state index contributed by atoms with van der Waals surface area (Å²) >= 11 is 0. The monoisotopic (exact) mass is 1280 g/mol. The molecule has 0 fully saturated rings. The van der Waals surface area contributed by atoms with Gasteiger partial charge in [0.25, 0.3) is 0 Å². The van der Waals surface area contributed by atoms with E-state index >= 15 is 0 Å². The van der Waals surface area contributed by atoms with Gasteiger partial charge in [0, 0.05) is 67.3 Å². The fraction of sp³-hybridized carbons (Fsp3) is 0. The average Bonchev–Trinajstić information content (AvgIpc) is 0.791. The Hall–Kier alpha value is -13.6. The van der Waals surface area contributed by atoms with Crippen LogP contribution in [0.4, 0.5) is 0 Å². The van der Waals surface area contributed by atoms with Crippen molar-refractivity contribution in [2.24, 2.45) is 0 Å². The Kier molecular flexibility index (Phi) is 16.2. The lowest BCUT2D eigenvalue weighted by atomic mass is 9.94. The van der Waals surface area contributed by atoms with Gasteiger partial charge in [0.15, 0.2) is 34.9 Å². The van der Waals surface area contributed by atoms with Gasteiger partial charge in [-0.1, -0.05) is 322 Å². The molecule has 4 heterocycles. The highest BCUT2D eigenvalue weighted by atomic mass is 15.0. The van der Waals surface area contributed by atoms with E-state index in [4.69, 9.17) is 29.9 Å². The maximum absolute atomic E-state index is 5.02. The van der Waals surface area contributed by atoms with Crippen LogP contribution in [0.5, 0.6) is 0 Å². The summed E-state index contributed by atoms with van der Waals surface area (Å²) in [6.07, 6.45) is 3.72. The second-order valence-corrected chi connectivity index (χ2v) is 24.6. The van der Waals surface area contributed by atoms with Crippen molar-refractivity contribution in [3.8, 4) is 135 Å². The van der Waals surface area contributed by atoms with Crippen molar-refractivity contribution in [3.63, 3.8) is 0 Å². The lowest BCUT2D eigenvalue weighted by molar-refractivity contribution is 1.07. The van der Waals surface area contributed by atoms with E-state index in [1.807, 2.05) is 97.3 Å². The van der Waals surface area contributed by atoms with Crippen LogP contribution in [0.3, 0.4) is 0 Å². The first-order chi connectivity index (χ1) is 49.5. The van der Waals surface area contributed by atoms with Crippen molar-refractivity contribution < 1.29 is 0 Å². The molecule has 100 heavy (non-hydrogen) atoms. The Balaban J connectivity index is 0.000000150. The molecule has 0 saturated heterocycles. The molecular formula is C92H60N8. The fourth-order valence-corrected chi connectivity index (χ4v) is 13.3. The number of hydrogen-bond donors (Lipinski definition) is 0. The van der Waals surface area contributed by atoms with E-state index < -0.39 is 0 Å². The highest BCUT2D eigenvalue weighted by Crippen LogP contribution is 2.39. The van der Waals surface area contributed by atoms with Gasteiger partial charge in [-0.3, -0.25) is 9.97 Å². The minimum atomic E-state index is 0.635. The lowest BCUT2D eigenvalue weighted by Gasteiger charge is -2.12. The number of benzene rings is 14. The third kappa shape index (κ3) is 12.3. The number of pyridine rings is 2. The molecule has 14 aromatic carbocycles. The zero-order chi connectivity index (χ0) is 66.6. The van der Waals surface area contributed by atoms with Gasteiger partial charge in [0.2, 0.25) is 0 Å². The van der Waals surface area contributed by atoms with Crippen LogP contribution in [0, 0.1) is 0 Å². The van der Waals surface area contributed by atoms with Crippen molar-refractivity contribution in [2.75, 3.05) is 0 Å². The molecule has 4 aromatic heterocycles. The van der Waals surface area contributed by atoms with E-state index in [9.17, 15) is 0 Å². The van der Waals surface area contributed by atoms with Gasteiger partial charge >= 0.3 is 0 Å². The molecule has 0 amide bonds. The van der Waals surface area contributed by atoms with Crippen LogP contribution in [0.25, 0.3) is 178 Å². The molecule has 0 bridgehead atoms. The topological polar surface area (TPSA) is 103 Å². The quantitative estimate of drug-likeness (QED) is 0.111. The van der Waals surface area contributed by atoms with E-state index in [0.717, 1.165) is 99.3 Å². The minimum absolute atomic E-state index is 0.635. The first kappa shape index (κ1) is 60.1. The molecule has 0 saturated carbocycles. The molecule has 0 radical (unpaired) electrons. The van der Waals surface area contributed by atoms with Crippen molar-refractivity contribution in [1.82, 2.24) is 39.9 Å². The first-order valence-electron chi connectivity index (χ1n) is 33.4. The second kappa shape index (κ2) is 26.9. The highest BCUT2D eigenvalue weighted by Gasteiger charge is 2.18. The van der Waals surface area contributed by atoms with Crippen molar-refractivity contribution >= 4 is 43.4 Å². The Morgan fingerprint density at radius 2 is 0.440 bits per heavy atom. The number of hydrogen-bond acceptors (Lipinski definition) is 8. The number of aromatic nitrogens is 8. The smallest absolute Gasteiger partial charge is 0.164 e. The zero-order valence-corrected chi connectivity index (χ0v) is 54.2. The Morgan fingerprint density at radius 1 is 0.150 bits per heavy atom. The van der Waals surface area contributed by atoms with E-state index in [2.05, 4.69) is 277 Å². The maximum Gasteiger partial charge on any atom is 0.164 e. The molecule has 0 aliphatic carbocycles. The van der Waals surface area contributed by atoms with Gasteiger partial charge in [0.05, 0.1) is 11.0 Å². The van der Waals surface area contributed by atoms with Crippen LogP contribution in [0.1, 0.15) is 0 Å². The molecule has 18 aromatic rings. The fourth-order valence-electron chi connectivity index (χ4n) is 13.3. The third-order valence-electron chi connectivity index (χ3n) is 18.4. The summed E-state index contributed by atoms with van der Waals surface area (Å²) in [5.41, 5.74) is 21.5. The summed E-state index contributed by atoms with van der Waals surface area (Å²) in [5, 5.41) is 7.00. The van der Waals surface area contributed by atoms with Crippen molar-refractivity contribution in [1.29, 1.82) is 0 Å². The molecule has 8 nitrogen and oxygen atoms in total. The summed E-state index contributed by atoms with van der Waals surface area (Å²) < 4.78 is 0. The molecule has 0 unspecified atom stereocenters. The molecular weight excluding hydrogens is 1220 g/mol. The molecule has 18 rings (SSSR count). The molecule has 8 heteroatoms. The maximum atomic E-state index is 5.02. The summed E-state index contributed by atoms with van der Waals surface area (Å²) in [5.74, 6) is 3.84. The first-order valence-corrected chi connectivity index (χ1v) is 33.4. The number of fused-ring (bicyclic) bond motifs is 6. The van der Waals surface area contributed by atoms with Crippen LogP contribution in [-0.4, -0.2) is 39.9 Å². The summed E-state index contributed by atoms with van der Waals surface area (Å²) in [4.78, 5) is 39.2. The predicted octanol–water partition coefficient (Wildman–Crippen LogP) is 23.2. The van der Waals surface area contributed by atoms with Crippen molar-refractivity contribution in [2.45, 2.75) is 0 Å². The Bertz CT molecular complexity index is 5950. The molecule has 0 aliphatic rings. The molecule has 0 aliphatic heterocycles. The minimum Gasteiger partial charge on any atom is -0.256 e. The molecule has 468 valence electrons. The number of nitrogens with zero attached hydrogens (tertiary/aromatic N) is 8. The van der Waals surface area contributed by atoms with Crippen LogP contribution < -0.4 is 0 Å². The van der Waals surface area contributed by atoms with Crippen LogP contribution in [0.2, 0.25) is 0 Å². The third-order valence-corrected chi connectivity index (χ3v) is 18.4. The SMILES string of the molecule is c1ccc(-c2ccc(-c3nc(-c4ccccc4)nc(-c4cccc(-c5ccc(-c6cc7cccnc7c7ccccc67)cc5)c4)n3)cc2)cc1.c1ccc(-c2ccc(-c3nc(-c4ccccc4)nc(-c4cccc(-c5ccc(-c6cccc7c6ccc6cccnc67)cc5)c4)n3)cc2)cc1. The van der Waals surface area contributed by atoms with E-state index in [0.29, 0.717) is 34.9 Å². The highest BCUT2D eigenvalue weighted by molar-refractivity contribution is 6.12. The molecule has 0 spiro atoms. The van der Waals surface area contributed by atoms with Crippen LogP contribution in [-0.2, 0) is 0 Å². The summed E-state index contributed by atoms with van der Waals surface area (Å²) in [7, 11) is 0. The normalized spacial score (nSPS) is 11.2. The predicted molar refractivity (Wildman–Crippen MR) is 411 cm³/mol. The molecule has 0 atom stereocenters. The summed E-state index contributed by atoms with van der Waals surface area (Å²) in [6.45, 7) is 0. The van der Waals surface area contributed by atoms with Crippen molar-refractivity contribution in [3.05, 3.63) is 364 Å². The van der Waals surface area contributed by atoms with E-state index in [1.54, 1.807) is 0 Å². The van der Waals surface area contributed by atoms with Gasteiger partial charge in [-0.2, -0.15) is 0 Å². The zero-order valence-electron chi connectivity index (χ0n) is 54.2. The van der Waals surface area contributed by atoms with Gasteiger partial charge < -0.3 is 0 Å².